The molecular weight excluding hydrogens is 348 g/mol. The Morgan fingerprint density at radius 2 is 1.69 bits per heavy atom. The molecule has 2 aromatic rings. The summed E-state index contributed by atoms with van der Waals surface area (Å²) < 4.78 is 5.84. The summed E-state index contributed by atoms with van der Waals surface area (Å²) in [7, 11) is 0. The summed E-state index contributed by atoms with van der Waals surface area (Å²) in [6.45, 7) is 3.80. The smallest absolute Gasteiger partial charge is 0.255 e. The van der Waals surface area contributed by atoms with E-state index in [1.165, 1.54) is 11.8 Å². The monoisotopic (exact) mass is 368 g/mol. The summed E-state index contributed by atoms with van der Waals surface area (Å²) in [5.41, 5.74) is 6.83. The fourth-order valence-corrected chi connectivity index (χ4v) is 4.17. The molecule has 0 saturated carbocycles. The highest BCUT2D eigenvalue weighted by Crippen LogP contribution is 2.40. The first-order valence-electron chi connectivity index (χ1n) is 8.23. The van der Waals surface area contributed by atoms with Crippen molar-refractivity contribution in [3.63, 3.8) is 0 Å². The number of benzene rings is 2. The average molecular weight is 368 g/mol. The van der Waals surface area contributed by atoms with Crippen molar-refractivity contribution in [3.8, 4) is 11.5 Å². The van der Waals surface area contributed by atoms with Gasteiger partial charge in [0.15, 0.2) is 0 Å². The Kier molecular flexibility index (Phi) is 5.32. The fraction of sp³-hybridized carbons (Fsp3) is 0.200. The van der Waals surface area contributed by atoms with Crippen molar-refractivity contribution in [1.29, 1.82) is 0 Å². The van der Waals surface area contributed by atoms with E-state index >= 15 is 0 Å². The molecule has 0 bridgehead atoms. The first-order chi connectivity index (χ1) is 12.5. The van der Waals surface area contributed by atoms with Gasteiger partial charge in [0.25, 0.3) is 5.91 Å². The number of amides is 2. The van der Waals surface area contributed by atoms with Gasteiger partial charge in [-0.1, -0.05) is 30.3 Å². The molecule has 26 heavy (non-hydrogen) atoms. The number of para-hydroxylation sites is 2. The molecule has 1 aliphatic heterocycles. The molecule has 6 heteroatoms. The Labute approximate surface area is 156 Å². The molecule has 0 aromatic heterocycles. The summed E-state index contributed by atoms with van der Waals surface area (Å²) in [5.74, 6) is -0.150. The van der Waals surface area contributed by atoms with Gasteiger partial charge in [-0.05, 0) is 48.6 Å². The SMILES string of the molecule is CC1=C(C)C(C(N)=O)C(NC(=O)c2ccccc2Oc2ccccc2)S1. The van der Waals surface area contributed by atoms with Crippen molar-refractivity contribution < 1.29 is 14.3 Å². The van der Waals surface area contributed by atoms with Gasteiger partial charge >= 0.3 is 0 Å². The zero-order valence-corrected chi connectivity index (χ0v) is 15.4. The molecule has 0 aliphatic carbocycles. The molecular formula is C20H20N2O3S. The third kappa shape index (κ3) is 3.75. The maximum absolute atomic E-state index is 12.8. The Hall–Kier alpha value is -2.73. The van der Waals surface area contributed by atoms with Crippen molar-refractivity contribution >= 4 is 23.6 Å². The summed E-state index contributed by atoms with van der Waals surface area (Å²) >= 11 is 1.45. The third-order valence-corrected chi connectivity index (χ3v) is 5.63. The number of ether oxygens (including phenoxy) is 1. The largest absolute Gasteiger partial charge is 0.457 e. The predicted octanol–water partition coefficient (Wildman–Crippen LogP) is 3.68. The highest BCUT2D eigenvalue weighted by atomic mass is 32.2. The molecule has 0 spiro atoms. The van der Waals surface area contributed by atoms with E-state index in [2.05, 4.69) is 5.32 Å². The van der Waals surface area contributed by atoms with Crippen LogP contribution in [0.5, 0.6) is 11.5 Å². The van der Waals surface area contributed by atoms with Crippen molar-refractivity contribution in [2.45, 2.75) is 19.2 Å². The van der Waals surface area contributed by atoms with E-state index < -0.39 is 17.2 Å². The number of nitrogens with one attached hydrogen (secondary N) is 1. The summed E-state index contributed by atoms with van der Waals surface area (Å²) in [6.07, 6.45) is 0. The van der Waals surface area contributed by atoms with E-state index in [-0.39, 0.29) is 5.91 Å². The number of hydrogen-bond acceptors (Lipinski definition) is 4. The number of thioether (sulfide) groups is 1. The molecule has 0 fully saturated rings. The van der Waals surface area contributed by atoms with Crippen molar-refractivity contribution in [2.75, 3.05) is 0 Å². The lowest BCUT2D eigenvalue weighted by molar-refractivity contribution is -0.120. The van der Waals surface area contributed by atoms with E-state index in [1.54, 1.807) is 24.3 Å². The molecule has 5 nitrogen and oxygen atoms in total. The number of nitrogens with two attached hydrogens (primary N) is 1. The van der Waals surface area contributed by atoms with Crippen molar-refractivity contribution in [1.82, 2.24) is 5.32 Å². The molecule has 134 valence electrons. The van der Waals surface area contributed by atoms with E-state index in [1.807, 2.05) is 44.2 Å². The topological polar surface area (TPSA) is 81.4 Å². The Balaban J connectivity index is 1.80. The van der Waals surface area contributed by atoms with Gasteiger partial charge in [0.05, 0.1) is 16.9 Å². The third-order valence-electron chi connectivity index (χ3n) is 4.31. The Bertz CT molecular complexity index is 864. The fourth-order valence-electron chi connectivity index (χ4n) is 2.84. The molecule has 2 atom stereocenters. The molecule has 3 N–H and O–H groups in total. The van der Waals surface area contributed by atoms with Gasteiger partial charge in [0.1, 0.15) is 11.5 Å². The highest BCUT2D eigenvalue weighted by Gasteiger charge is 2.37. The van der Waals surface area contributed by atoms with Crippen LogP contribution in [0.15, 0.2) is 65.1 Å². The number of primary amides is 1. The van der Waals surface area contributed by atoms with Crippen LogP contribution >= 0.6 is 11.8 Å². The van der Waals surface area contributed by atoms with Crippen LogP contribution in [-0.2, 0) is 4.79 Å². The number of hydrogen-bond donors (Lipinski definition) is 2. The number of carbonyl (C=O) groups excluding carboxylic acids is 2. The Morgan fingerprint density at radius 1 is 1.04 bits per heavy atom. The molecule has 2 unspecified atom stereocenters. The molecule has 3 rings (SSSR count). The van der Waals surface area contributed by atoms with Gasteiger partial charge in [0.2, 0.25) is 5.91 Å². The second-order valence-electron chi connectivity index (χ2n) is 6.04. The van der Waals surface area contributed by atoms with Crippen LogP contribution in [-0.4, -0.2) is 17.2 Å². The lowest BCUT2D eigenvalue weighted by Gasteiger charge is -2.20. The van der Waals surface area contributed by atoms with Gasteiger partial charge in [-0.25, -0.2) is 0 Å². The maximum Gasteiger partial charge on any atom is 0.255 e. The summed E-state index contributed by atoms with van der Waals surface area (Å²) in [6, 6.07) is 16.3. The molecule has 2 aromatic carbocycles. The lowest BCUT2D eigenvalue weighted by Crippen LogP contribution is -2.42. The minimum absolute atomic E-state index is 0.303. The van der Waals surface area contributed by atoms with E-state index in [0.717, 1.165) is 10.5 Å². The van der Waals surface area contributed by atoms with Crippen molar-refractivity contribution in [2.24, 2.45) is 11.7 Å². The van der Waals surface area contributed by atoms with Gasteiger partial charge in [-0.3, -0.25) is 9.59 Å². The van der Waals surface area contributed by atoms with Crippen LogP contribution in [0.25, 0.3) is 0 Å². The van der Waals surface area contributed by atoms with Gasteiger partial charge < -0.3 is 15.8 Å². The second kappa shape index (κ2) is 7.66. The maximum atomic E-state index is 12.8. The number of allylic oxidation sites excluding steroid dienone is 1. The van der Waals surface area contributed by atoms with Gasteiger partial charge in [-0.2, -0.15) is 0 Å². The Morgan fingerprint density at radius 3 is 2.38 bits per heavy atom. The van der Waals surface area contributed by atoms with E-state index in [0.29, 0.717) is 17.1 Å². The minimum Gasteiger partial charge on any atom is -0.457 e. The van der Waals surface area contributed by atoms with Crippen LogP contribution in [0.2, 0.25) is 0 Å². The van der Waals surface area contributed by atoms with Gasteiger partial charge in [-0.15, -0.1) is 11.8 Å². The molecule has 2 amide bonds. The van der Waals surface area contributed by atoms with Crippen LogP contribution in [0.3, 0.4) is 0 Å². The second-order valence-corrected chi connectivity index (χ2v) is 7.40. The highest BCUT2D eigenvalue weighted by molar-refractivity contribution is 8.03. The first-order valence-corrected chi connectivity index (χ1v) is 9.11. The molecule has 1 aliphatic rings. The average Bonchev–Trinajstić information content (AvgIpc) is 2.90. The normalized spacial score (nSPS) is 19.3. The molecule has 0 radical (unpaired) electrons. The van der Waals surface area contributed by atoms with Crippen LogP contribution in [0.1, 0.15) is 24.2 Å². The quantitative estimate of drug-likeness (QED) is 0.843. The van der Waals surface area contributed by atoms with E-state index in [4.69, 9.17) is 10.5 Å². The van der Waals surface area contributed by atoms with Crippen LogP contribution in [0, 0.1) is 5.92 Å². The summed E-state index contributed by atoms with van der Waals surface area (Å²) in [4.78, 5) is 25.6. The molecule has 1 heterocycles. The first kappa shape index (κ1) is 18.1. The predicted molar refractivity (Wildman–Crippen MR) is 103 cm³/mol. The van der Waals surface area contributed by atoms with Crippen LogP contribution in [0.4, 0.5) is 0 Å². The lowest BCUT2D eigenvalue weighted by atomic mass is 9.99. The van der Waals surface area contributed by atoms with Gasteiger partial charge in [0, 0.05) is 0 Å². The van der Waals surface area contributed by atoms with Crippen LogP contribution < -0.4 is 15.8 Å². The molecule has 0 saturated heterocycles. The van der Waals surface area contributed by atoms with E-state index in [9.17, 15) is 9.59 Å². The number of rotatable bonds is 5. The minimum atomic E-state index is -0.508. The number of carbonyl (C=O) groups is 2. The zero-order valence-electron chi connectivity index (χ0n) is 14.6. The zero-order chi connectivity index (χ0) is 18.7. The summed E-state index contributed by atoms with van der Waals surface area (Å²) in [5, 5.41) is 2.50. The van der Waals surface area contributed by atoms with Crippen molar-refractivity contribution in [3.05, 3.63) is 70.6 Å². The standard InChI is InChI=1S/C20H20N2O3S/c1-12-13(2)26-20(17(12)18(21)23)22-19(24)15-10-6-7-11-16(15)25-14-8-4-3-5-9-14/h3-11,17,20H,1-2H3,(H2,21,23)(H,22,24).